The Labute approximate surface area is 127 Å². The van der Waals surface area contributed by atoms with Crippen molar-refractivity contribution >= 4 is 11.6 Å². The van der Waals surface area contributed by atoms with Crippen LogP contribution in [0.25, 0.3) is 0 Å². The second kappa shape index (κ2) is 6.46. The third-order valence-electron chi connectivity index (χ3n) is 4.74. The van der Waals surface area contributed by atoms with Crippen LogP contribution >= 0.6 is 11.6 Å². The quantitative estimate of drug-likeness (QED) is 0.883. The molecule has 1 aromatic rings. The first kappa shape index (κ1) is 15.8. The van der Waals surface area contributed by atoms with E-state index in [0.717, 1.165) is 23.4 Å². The summed E-state index contributed by atoms with van der Waals surface area (Å²) in [7, 11) is 3.86. The summed E-state index contributed by atoms with van der Waals surface area (Å²) in [5.41, 5.74) is 2.22. The van der Waals surface area contributed by atoms with E-state index in [9.17, 15) is 0 Å². The van der Waals surface area contributed by atoms with Gasteiger partial charge < -0.3 is 10.1 Å². The van der Waals surface area contributed by atoms with Crippen molar-refractivity contribution in [2.24, 2.45) is 5.92 Å². The van der Waals surface area contributed by atoms with E-state index < -0.39 is 0 Å². The molecule has 3 unspecified atom stereocenters. The molecule has 1 aromatic carbocycles. The standard InChI is InChI=1S/C17H26ClNO/c1-12-6-5-9-17(11-12,20-4)16(19-3)14-8-7-13(2)15(18)10-14/h7-8,10,12,16,19H,5-6,9,11H2,1-4H3. The molecule has 1 aliphatic rings. The summed E-state index contributed by atoms with van der Waals surface area (Å²) < 4.78 is 6.02. The molecular weight excluding hydrogens is 270 g/mol. The van der Waals surface area contributed by atoms with E-state index in [-0.39, 0.29) is 11.6 Å². The fourth-order valence-corrected chi connectivity index (χ4v) is 3.82. The first-order valence-corrected chi connectivity index (χ1v) is 7.88. The number of hydrogen-bond donors (Lipinski definition) is 1. The van der Waals surface area contributed by atoms with E-state index >= 15 is 0 Å². The van der Waals surface area contributed by atoms with Gasteiger partial charge in [-0.05, 0) is 49.9 Å². The highest BCUT2D eigenvalue weighted by Gasteiger charge is 2.42. The van der Waals surface area contributed by atoms with E-state index in [4.69, 9.17) is 16.3 Å². The molecule has 1 aliphatic carbocycles. The molecule has 2 nitrogen and oxygen atoms in total. The van der Waals surface area contributed by atoms with E-state index in [0.29, 0.717) is 5.92 Å². The molecule has 112 valence electrons. The SMILES string of the molecule is CNC(c1ccc(C)c(Cl)c1)C1(OC)CCCC(C)C1. The van der Waals surface area contributed by atoms with Gasteiger partial charge >= 0.3 is 0 Å². The Balaban J connectivity index is 2.35. The van der Waals surface area contributed by atoms with Gasteiger partial charge in [-0.15, -0.1) is 0 Å². The van der Waals surface area contributed by atoms with Crippen molar-refractivity contribution in [3.05, 3.63) is 34.3 Å². The lowest BCUT2D eigenvalue weighted by molar-refractivity contribution is -0.0790. The van der Waals surface area contributed by atoms with Crippen molar-refractivity contribution in [3.63, 3.8) is 0 Å². The zero-order valence-corrected chi connectivity index (χ0v) is 13.8. The molecule has 0 heterocycles. The molecule has 3 heteroatoms. The lowest BCUT2D eigenvalue weighted by atomic mass is 9.72. The molecule has 0 spiro atoms. The Morgan fingerprint density at radius 1 is 1.45 bits per heavy atom. The van der Waals surface area contributed by atoms with E-state index in [2.05, 4.69) is 30.4 Å². The van der Waals surface area contributed by atoms with Gasteiger partial charge in [0.15, 0.2) is 0 Å². The molecule has 0 saturated heterocycles. The highest BCUT2D eigenvalue weighted by atomic mass is 35.5. The number of methoxy groups -OCH3 is 1. The Morgan fingerprint density at radius 3 is 2.75 bits per heavy atom. The molecule has 0 amide bonds. The minimum absolute atomic E-state index is 0.120. The van der Waals surface area contributed by atoms with Gasteiger partial charge in [0, 0.05) is 12.1 Å². The van der Waals surface area contributed by atoms with E-state index in [1.54, 1.807) is 0 Å². The van der Waals surface area contributed by atoms with Crippen LogP contribution in [0.5, 0.6) is 0 Å². The Bertz CT molecular complexity index is 462. The maximum Gasteiger partial charge on any atom is 0.0874 e. The molecule has 20 heavy (non-hydrogen) atoms. The average molecular weight is 296 g/mol. The van der Waals surface area contributed by atoms with Crippen LogP contribution in [-0.4, -0.2) is 19.8 Å². The molecule has 0 radical (unpaired) electrons. The second-order valence-electron chi connectivity index (χ2n) is 6.20. The highest BCUT2D eigenvalue weighted by molar-refractivity contribution is 6.31. The number of nitrogens with one attached hydrogen (secondary N) is 1. The van der Waals surface area contributed by atoms with Crippen LogP contribution in [0.1, 0.15) is 49.8 Å². The largest absolute Gasteiger partial charge is 0.376 e. The topological polar surface area (TPSA) is 21.3 Å². The lowest BCUT2D eigenvalue weighted by Crippen LogP contribution is -2.47. The zero-order valence-electron chi connectivity index (χ0n) is 13.0. The molecule has 1 N–H and O–H groups in total. The minimum atomic E-state index is -0.120. The van der Waals surface area contributed by atoms with Crippen molar-refractivity contribution < 1.29 is 4.74 Å². The molecule has 0 bridgehead atoms. The first-order valence-electron chi connectivity index (χ1n) is 7.51. The number of halogens is 1. The molecular formula is C17H26ClNO. The van der Waals surface area contributed by atoms with Gasteiger partial charge in [-0.1, -0.05) is 43.5 Å². The third-order valence-corrected chi connectivity index (χ3v) is 5.15. The number of aryl methyl sites for hydroxylation is 1. The summed E-state index contributed by atoms with van der Waals surface area (Å²) in [6.07, 6.45) is 4.73. The third kappa shape index (κ3) is 3.03. The summed E-state index contributed by atoms with van der Waals surface area (Å²) in [6, 6.07) is 6.53. The fourth-order valence-electron chi connectivity index (χ4n) is 3.63. The summed E-state index contributed by atoms with van der Waals surface area (Å²) >= 11 is 6.30. The minimum Gasteiger partial charge on any atom is -0.376 e. The van der Waals surface area contributed by atoms with Gasteiger partial charge in [-0.3, -0.25) is 0 Å². The van der Waals surface area contributed by atoms with Gasteiger partial charge in [0.2, 0.25) is 0 Å². The fraction of sp³-hybridized carbons (Fsp3) is 0.647. The maximum absolute atomic E-state index is 6.30. The van der Waals surface area contributed by atoms with Gasteiger partial charge in [0.1, 0.15) is 0 Å². The molecule has 0 aromatic heterocycles. The van der Waals surface area contributed by atoms with Crippen molar-refractivity contribution in [2.45, 2.75) is 51.2 Å². The molecule has 0 aliphatic heterocycles. The number of likely N-dealkylation sites (N-methyl/N-ethyl adjacent to an activating group) is 1. The highest BCUT2D eigenvalue weighted by Crippen LogP contribution is 2.43. The van der Waals surface area contributed by atoms with Gasteiger partial charge in [-0.2, -0.15) is 0 Å². The normalized spacial score (nSPS) is 28.4. The van der Waals surface area contributed by atoms with Crippen LogP contribution in [0.2, 0.25) is 5.02 Å². The Kier molecular flexibility index (Phi) is 5.11. The zero-order chi connectivity index (χ0) is 14.8. The Morgan fingerprint density at radius 2 is 2.20 bits per heavy atom. The average Bonchev–Trinajstić information content (AvgIpc) is 2.43. The monoisotopic (exact) mass is 295 g/mol. The number of benzene rings is 1. The summed E-state index contributed by atoms with van der Waals surface area (Å²) in [6.45, 7) is 4.36. The van der Waals surface area contributed by atoms with Gasteiger partial charge in [0.05, 0.1) is 11.6 Å². The van der Waals surface area contributed by atoms with Gasteiger partial charge in [0.25, 0.3) is 0 Å². The molecule has 1 fully saturated rings. The van der Waals surface area contributed by atoms with Crippen LogP contribution in [0, 0.1) is 12.8 Å². The van der Waals surface area contributed by atoms with Crippen molar-refractivity contribution in [3.8, 4) is 0 Å². The number of rotatable bonds is 4. The van der Waals surface area contributed by atoms with Crippen LogP contribution < -0.4 is 5.32 Å². The van der Waals surface area contributed by atoms with Crippen LogP contribution in [0.4, 0.5) is 0 Å². The van der Waals surface area contributed by atoms with Crippen molar-refractivity contribution in [1.82, 2.24) is 5.32 Å². The van der Waals surface area contributed by atoms with E-state index in [1.807, 2.05) is 21.1 Å². The number of hydrogen-bond acceptors (Lipinski definition) is 2. The summed E-state index contributed by atoms with van der Waals surface area (Å²) in [5, 5.41) is 4.29. The summed E-state index contributed by atoms with van der Waals surface area (Å²) in [5.74, 6) is 0.709. The molecule has 2 rings (SSSR count). The second-order valence-corrected chi connectivity index (χ2v) is 6.61. The first-order chi connectivity index (χ1) is 9.52. The number of ether oxygens (including phenoxy) is 1. The van der Waals surface area contributed by atoms with Crippen LogP contribution in [0.15, 0.2) is 18.2 Å². The van der Waals surface area contributed by atoms with E-state index in [1.165, 1.54) is 18.4 Å². The summed E-state index contributed by atoms with van der Waals surface area (Å²) in [4.78, 5) is 0. The Hall–Kier alpha value is -0.570. The van der Waals surface area contributed by atoms with Crippen LogP contribution in [-0.2, 0) is 4.74 Å². The maximum atomic E-state index is 6.30. The predicted molar refractivity (Wildman–Crippen MR) is 85.4 cm³/mol. The molecule has 1 saturated carbocycles. The van der Waals surface area contributed by atoms with Crippen LogP contribution in [0.3, 0.4) is 0 Å². The molecule has 3 atom stereocenters. The van der Waals surface area contributed by atoms with Gasteiger partial charge in [-0.25, -0.2) is 0 Å². The lowest BCUT2D eigenvalue weighted by Gasteiger charge is -2.44. The van der Waals surface area contributed by atoms with Crippen molar-refractivity contribution in [2.75, 3.05) is 14.2 Å². The predicted octanol–water partition coefficient (Wildman–Crippen LogP) is 4.50. The smallest absolute Gasteiger partial charge is 0.0874 e. The van der Waals surface area contributed by atoms with Crippen molar-refractivity contribution in [1.29, 1.82) is 0 Å².